The van der Waals surface area contributed by atoms with Gasteiger partial charge < -0.3 is 20.4 Å². The van der Waals surface area contributed by atoms with E-state index in [9.17, 15) is 4.79 Å². The highest BCUT2D eigenvalue weighted by Crippen LogP contribution is 2.20. The van der Waals surface area contributed by atoms with Crippen molar-refractivity contribution in [3.8, 4) is 0 Å². The summed E-state index contributed by atoms with van der Waals surface area (Å²) >= 11 is 5.95. The molecular weight excluding hydrogens is 378 g/mol. The third-order valence-electron chi connectivity index (χ3n) is 4.27. The topological polar surface area (TPSA) is 91.2 Å². The average Bonchev–Trinajstić information content (AvgIpc) is 2.57. The van der Waals surface area contributed by atoms with E-state index in [1.807, 2.05) is 32.9 Å². The number of aromatic nitrogens is 2. The van der Waals surface area contributed by atoms with Crippen LogP contribution in [0, 0.1) is 11.3 Å². The van der Waals surface area contributed by atoms with E-state index < -0.39 is 5.60 Å². The summed E-state index contributed by atoms with van der Waals surface area (Å²) in [6.07, 6.45) is 4.50. The number of fused-ring (bicyclic) bond motifs is 1. The Labute approximate surface area is 169 Å². The lowest BCUT2D eigenvalue weighted by molar-refractivity contribution is -0.000360. The van der Waals surface area contributed by atoms with E-state index in [0.29, 0.717) is 41.8 Å². The van der Waals surface area contributed by atoms with Gasteiger partial charge in [0.25, 0.3) is 0 Å². The lowest BCUT2D eigenvalue weighted by Crippen LogP contribution is -2.54. The lowest BCUT2D eigenvalue weighted by Gasteiger charge is -2.39. The Kier molecular flexibility index (Phi) is 5.84. The zero-order chi connectivity index (χ0) is 20.3. The number of amides is 1. The van der Waals surface area contributed by atoms with Gasteiger partial charge in [0.2, 0.25) is 0 Å². The van der Waals surface area contributed by atoms with Crippen LogP contribution in [0.3, 0.4) is 0 Å². The van der Waals surface area contributed by atoms with Crippen molar-refractivity contribution in [3.63, 3.8) is 0 Å². The van der Waals surface area contributed by atoms with Crippen LogP contribution in [-0.4, -0.2) is 52.4 Å². The summed E-state index contributed by atoms with van der Waals surface area (Å²) in [6, 6.07) is 5.37. The number of hydrogen-bond donors (Lipinski definition) is 2. The van der Waals surface area contributed by atoms with Gasteiger partial charge in [-0.1, -0.05) is 11.6 Å². The molecule has 2 aromatic heterocycles. The highest BCUT2D eigenvalue weighted by atomic mass is 35.5. The first-order valence-electron chi connectivity index (χ1n) is 9.10. The first kappa shape index (κ1) is 20.1. The molecule has 28 heavy (non-hydrogen) atoms. The van der Waals surface area contributed by atoms with E-state index in [-0.39, 0.29) is 6.09 Å². The number of halogens is 1. The van der Waals surface area contributed by atoms with Gasteiger partial charge in [0.15, 0.2) is 0 Å². The third kappa shape index (κ3) is 4.98. The molecule has 0 unspecified atom stereocenters. The maximum atomic E-state index is 12.0. The molecule has 1 fully saturated rings. The first-order valence-corrected chi connectivity index (χ1v) is 9.47. The Balaban J connectivity index is 1.55. The normalized spacial score (nSPS) is 15.3. The minimum atomic E-state index is -0.477. The fourth-order valence-corrected chi connectivity index (χ4v) is 3.01. The van der Waals surface area contributed by atoms with Gasteiger partial charge in [-0.15, -0.1) is 0 Å². The maximum Gasteiger partial charge on any atom is 0.410 e. The molecule has 8 heteroatoms. The molecule has 1 aliphatic heterocycles. The summed E-state index contributed by atoms with van der Waals surface area (Å²) in [4.78, 5) is 22.3. The number of carbonyl (C=O) groups is 1. The Morgan fingerprint density at radius 3 is 2.82 bits per heavy atom. The summed E-state index contributed by atoms with van der Waals surface area (Å²) in [5.74, 6) is 0.353. The molecule has 1 aliphatic rings. The van der Waals surface area contributed by atoms with Crippen LogP contribution in [-0.2, 0) is 4.74 Å². The first-order chi connectivity index (χ1) is 13.2. The molecule has 0 radical (unpaired) electrons. The van der Waals surface area contributed by atoms with Crippen molar-refractivity contribution in [2.45, 2.75) is 26.4 Å². The van der Waals surface area contributed by atoms with Crippen LogP contribution in [0.15, 0.2) is 30.6 Å². The largest absolute Gasteiger partial charge is 0.444 e. The number of hydrogen-bond acceptors (Lipinski definition) is 6. The molecule has 0 aliphatic carbocycles. The van der Waals surface area contributed by atoms with Gasteiger partial charge in [-0.2, -0.15) is 0 Å². The molecule has 3 rings (SSSR count). The SMILES string of the molecule is CC(C)(C)OC(=O)N1CC(CN/C=C(\C=N)c2cnc3ccc(Cl)nc3c2)C1. The summed E-state index contributed by atoms with van der Waals surface area (Å²) < 4.78 is 5.35. The zero-order valence-corrected chi connectivity index (χ0v) is 17.0. The molecular formula is C20H24ClN5O2. The van der Waals surface area contributed by atoms with E-state index in [1.165, 1.54) is 6.21 Å². The van der Waals surface area contributed by atoms with E-state index in [2.05, 4.69) is 15.3 Å². The number of carbonyl (C=O) groups excluding carboxylic acids is 1. The van der Waals surface area contributed by atoms with Crippen LogP contribution in [0.1, 0.15) is 26.3 Å². The predicted octanol–water partition coefficient (Wildman–Crippen LogP) is 3.73. The Hall–Kier alpha value is -2.67. The predicted molar refractivity (Wildman–Crippen MR) is 111 cm³/mol. The molecule has 2 aromatic rings. The molecule has 0 atom stereocenters. The second-order valence-electron chi connectivity index (χ2n) is 7.80. The highest BCUT2D eigenvalue weighted by molar-refractivity contribution is 6.29. The van der Waals surface area contributed by atoms with Crippen LogP contribution >= 0.6 is 11.6 Å². The highest BCUT2D eigenvalue weighted by Gasteiger charge is 2.33. The molecule has 0 spiro atoms. The van der Waals surface area contributed by atoms with Crippen LogP contribution in [0.5, 0.6) is 0 Å². The summed E-state index contributed by atoms with van der Waals surface area (Å²) in [5.41, 5.74) is 2.44. The molecule has 1 amide bonds. The lowest BCUT2D eigenvalue weighted by atomic mass is 10.0. The van der Waals surface area contributed by atoms with Gasteiger partial charge in [0, 0.05) is 55.3 Å². The third-order valence-corrected chi connectivity index (χ3v) is 4.48. The van der Waals surface area contributed by atoms with Gasteiger partial charge in [0.05, 0.1) is 11.0 Å². The molecule has 1 saturated heterocycles. The van der Waals surface area contributed by atoms with Gasteiger partial charge >= 0.3 is 6.09 Å². The van der Waals surface area contributed by atoms with Crippen LogP contribution in [0.4, 0.5) is 4.79 Å². The molecule has 148 valence electrons. The molecule has 3 heterocycles. The fourth-order valence-electron chi connectivity index (χ4n) is 2.86. The number of rotatable bonds is 5. The van der Waals surface area contributed by atoms with E-state index >= 15 is 0 Å². The Bertz CT molecular complexity index is 916. The summed E-state index contributed by atoms with van der Waals surface area (Å²) in [5, 5.41) is 11.3. The number of nitrogens with one attached hydrogen (secondary N) is 2. The molecule has 0 aromatic carbocycles. The minimum Gasteiger partial charge on any atom is -0.444 e. The molecule has 0 bridgehead atoms. The zero-order valence-electron chi connectivity index (χ0n) is 16.2. The van der Waals surface area contributed by atoms with Crippen molar-refractivity contribution >= 4 is 40.5 Å². The summed E-state index contributed by atoms with van der Waals surface area (Å²) in [7, 11) is 0. The minimum absolute atomic E-state index is 0.270. The van der Waals surface area contributed by atoms with Gasteiger partial charge in [-0.05, 0) is 39.0 Å². The maximum absolute atomic E-state index is 12.0. The van der Waals surface area contributed by atoms with Gasteiger partial charge in [-0.3, -0.25) is 4.98 Å². The molecule has 0 saturated carbocycles. The Morgan fingerprint density at radius 1 is 1.39 bits per heavy atom. The monoisotopic (exact) mass is 401 g/mol. The fraction of sp³-hybridized carbons (Fsp3) is 0.400. The molecule has 2 N–H and O–H groups in total. The van der Waals surface area contributed by atoms with Crippen LogP contribution in [0.2, 0.25) is 5.15 Å². The van der Waals surface area contributed by atoms with Crippen LogP contribution in [0.25, 0.3) is 16.6 Å². The van der Waals surface area contributed by atoms with Crippen LogP contribution < -0.4 is 5.32 Å². The number of nitrogens with zero attached hydrogens (tertiary/aromatic N) is 3. The van der Waals surface area contributed by atoms with E-state index in [4.69, 9.17) is 21.7 Å². The van der Waals surface area contributed by atoms with Gasteiger partial charge in [-0.25, -0.2) is 9.78 Å². The molecule has 7 nitrogen and oxygen atoms in total. The van der Waals surface area contributed by atoms with Gasteiger partial charge in [0.1, 0.15) is 10.8 Å². The standard InChI is InChI=1S/C20H24ClN5O2/c1-20(2,3)28-19(27)26-11-13(12-26)8-23-9-15(7-22)14-6-17-16(24-10-14)4-5-18(21)25-17/h4-7,9-10,13,22-23H,8,11-12H2,1-3H3/b15-9+,22-7?. The Morgan fingerprint density at radius 2 is 2.14 bits per heavy atom. The number of pyridine rings is 2. The van der Waals surface area contributed by atoms with Crippen molar-refractivity contribution in [3.05, 3.63) is 41.3 Å². The summed E-state index contributed by atoms with van der Waals surface area (Å²) in [6.45, 7) is 7.61. The van der Waals surface area contributed by atoms with Crippen molar-refractivity contribution < 1.29 is 9.53 Å². The van der Waals surface area contributed by atoms with Crippen molar-refractivity contribution in [2.24, 2.45) is 5.92 Å². The van der Waals surface area contributed by atoms with E-state index in [1.54, 1.807) is 23.4 Å². The smallest absolute Gasteiger partial charge is 0.410 e. The van der Waals surface area contributed by atoms with E-state index in [0.717, 1.165) is 11.1 Å². The number of likely N-dealkylation sites (tertiary alicyclic amines) is 1. The second-order valence-corrected chi connectivity index (χ2v) is 8.19. The number of ether oxygens (including phenoxy) is 1. The van der Waals surface area contributed by atoms with Crippen molar-refractivity contribution in [1.82, 2.24) is 20.2 Å². The average molecular weight is 402 g/mol. The van der Waals surface area contributed by atoms with Crippen molar-refractivity contribution in [2.75, 3.05) is 19.6 Å². The number of allylic oxidation sites excluding steroid dienone is 1. The van der Waals surface area contributed by atoms with Crippen molar-refractivity contribution in [1.29, 1.82) is 5.41 Å². The second kappa shape index (κ2) is 8.14. The quantitative estimate of drug-likeness (QED) is 0.588.